The van der Waals surface area contributed by atoms with Crippen LogP contribution in [0.5, 0.6) is 0 Å². The van der Waals surface area contributed by atoms with Gasteiger partial charge in [0.1, 0.15) is 18.8 Å². The zero-order chi connectivity index (χ0) is 22.2. The zero-order valence-electron chi connectivity index (χ0n) is 18.0. The Balaban J connectivity index is 0.00000289. The molecule has 0 aromatic heterocycles. The molecular formula is C23H26Cl3IN4O. The van der Waals surface area contributed by atoms with E-state index in [0.717, 1.165) is 31.5 Å². The predicted molar refractivity (Wildman–Crippen MR) is 128 cm³/mol. The van der Waals surface area contributed by atoms with Crippen molar-refractivity contribution in [2.24, 2.45) is 11.0 Å². The van der Waals surface area contributed by atoms with Gasteiger partial charge in [-0.1, -0.05) is 53.9 Å². The Labute approximate surface area is 221 Å². The monoisotopic (exact) mass is 606 g/mol. The summed E-state index contributed by atoms with van der Waals surface area (Å²) in [6.45, 7) is 3.89. The van der Waals surface area contributed by atoms with E-state index in [2.05, 4.69) is 12.5 Å². The number of hydrazone groups is 1. The number of hydrogen-bond donors (Lipinski definition) is 1. The number of likely N-dealkylation sites (tertiary alicyclic amines) is 1. The first-order chi connectivity index (χ1) is 14.8. The highest BCUT2D eigenvalue weighted by Gasteiger charge is 2.42. The fourth-order valence-electron chi connectivity index (χ4n) is 4.47. The first kappa shape index (κ1) is 25.6. The van der Waals surface area contributed by atoms with E-state index >= 15 is 0 Å². The number of nitrogens with zero attached hydrogens (tertiary/aromatic N) is 3. The van der Waals surface area contributed by atoms with E-state index in [1.54, 1.807) is 12.1 Å². The number of hydrogen-bond acceptors (Lipinski definition) is 3. The fraction of sp³-hybridized carbons (Fsp3) is 0.391. The van der Waals surface area contributed by atoms with E-state index in [-0.39, 0.29) is 41.8 Å². The van der Waals surface area contributed by atoms with Crippen LogP contribution in [0.1, 0.15) is 37.8 Å². The Morgan fingerprint density at radius 3 is 2.28 bits per heavy atom. The summed E-state index contributed by atoms with van der Waals surface area (Å²) in [6, 6.07) is 12.7. The molecule has 2 aromatic rings. The summed E-state index contributed by atoms with van der Waals surface area (Å²) in [5, 5.41) is 8.30. The lowest BCUT2D eigenvalue weighted by molar-refractivity contribution is -0.947. The van der Waals surface area contributed by atoms with Gasteiger partial charge in [0, 0.05) is 16.0 Å². The third kappa shape index (κ3) is 5.36. The summed E-state index contributed by atoms with van der Waals surface area (Å²) in [7, 11) is 2.07. The first-order valence-corrected chi connectivity index (χ1v) is 11.7. The molecule has 4 rings (SSSR count). The van der Waals surface area contributed by atoms with Gasteiger partial charge in [-0.3, -0.25) is 9.80 Å². The summed E-state index contributed by atoms with van der Waals surface area (Å²) in [5.74, 6) is -0.284. The van der Waals surface area contributed by atoms with Gasteiger partial charge in [0.15, 0.2) is 0 Å². The molecule has 2 aliphatic heterocycles. The number of carbonyl (C=O) groups excluding carboxylic acids is 1. The lowest BCUT2D eigenvalue weighted by Gasteiger charge is -2.36. The molecule has 0 radical (unpaired) electrons. The summed E-state index contributed by atoms with van der Waals surface area (Å²) >= 11 is 18.7. The maximum absolute atomic E-state index is 13.3. The van der Waals surface area contributed by atoms with Gasteiger partial charge in [0.25, 0.3) is 0 Å². The minimum atomic E-state index is -0.191. The second-order valence-electron chi connectivity index (χ2n) is 8.56. The highest BCUT2D eigenvalue weighted by Crippen LogP contribution is 2.42. The number of amides is 1. The average Bonchev–Trinajstić information content (AvgIpc) is 3.06. The third-order valence-electron chi connectivity index (χ3n) is 6.16. The van der Waals surface area contributed by atoms with Crippen LogP contribution in [-0.4, -0.2) is 36.3 Å². The van der Waals surface area contributed by atoms with Crippen LogP contribution in [0.15, 0.2) is 47.6 Å². The first-order valence-electron chi connectivity index (χ1n) is 10.5. The predicted octanol–water partition coefficient (Wildman–Crippen LogP) is 2.87. The molecule has 1 amide bonds. The lowest BCUT2D eigenvalue weighted by Crippen LogP contribution is -3.00. The van der Waals surface area contributed by atoms with Gasteiger partial charge in [-0.05, 0) is 55.2 Å². The Kier molecular flexibility index (Phi) is 8.36. The molecule has 0 saturated carbocycles. The topological polar surface area (TPSA) is 44.7 Å². The molecule has 0 unspecified atom stereocenters. The second-order valence-corrected chi connectivity index (χ2v) is 9.84. The van der Waals surface area contributed by atoms with Crippen molar-refractivity contribution in [3.8, 4) is 0 Å². The SMILES string of the molecule is C[C@@H]1C(C(=O)N[N+]2(C)CCCCC2)=NN(c2ccc(Cl)cc2Cl)[C@H]1c1ccc(Cl)cc1.[I-]. The molecule has 5 nitrogen and oxygen atoms in total. The average molecular weight is 608 g/mol. The number of nitrogens with one attached hydrogen (secondary N) is 1. The molecule has 9 heteroatoms. The highest BCUT2D eigenvalue weighted by atomic mass is 127. The highest BCUT2D eigenvalue weighted by molar-refractivity contribution is 6.40. The summed E-state index contributed by atoms with van der Waals surface area (Å²) in [6.07, 6.45) is 3.43. The molecule has 172 valence electrons. The van der Waals surface area contributed by atoms with Crippen molar-refractivity contribution in [3.63, 3.8) is 0 Å². The molecule has 1 N–H and O–H groups in total. The maximum Gasteiger partial charge on any atom is 0.312 e. The second kappa shape index (κ2) is 10.5. The van der Waals surface area contributed by atoms with Crippen LogP contribution in [0.2, 0.25) is 15.1 Å². The lowest BCUT2D eigenvalue weighted by atomic mass is 9.91. The van der Waals surface area contributed by atoms with Gasteiger partial charge in [-0.25, -0.2) is 4.59 Å². The van der Waals surface area contributed by atoms with Crippen molar-refractivity contribution < 1.29 is 33.4 Å². The van der Waals surface area contributed by atoms with Crippen LogP contribution in [0.25, 0.3) is 0 Å². The molecular weight excluding hydrogens is 582 g/mol. The van der Waals surface area contributed by atoms with Crippen LogP contribution in [-0.2, 0) is 4.79 Å². The van der Waals surface area contributed by atoms with Crippen molar-refractivity contribution in [2.75, 3.05) is 25.1 Å². The Morgan fingerprint density at radius 1 is 1.03 bits per heavy atom. The minimum Gasteiger partial charge on any atom is -1.00 e. The normalized spacial score (nSPS) is 22.2. The van der Waals surface area contributed by atoms with Gasteiger partial charge in [-0.2, -0.15) is 10.5 Å². The summed E-state index contributed by atoms with van der Waals surface area (Å²) in [5.41, 5.74) is 5.42. The molecule has 2 heterocycles. The van der Waals surface area contributed by atoms with Crippen LogP contribution >= 0.6 is 34.8 Å². The number of benzene rings is 2. The van der Waals surface area contributed by atoms with Crippen molar-refractivity contribution in [1.82, 2.24) is 5.43 Å². The third-order valence-corrected chi connectivity index (χ3v) is 6.95. The number of halogens is 4. The molecule has 2 aliphatic rings. The van der Waals surface area contributed by atoms with E-state index in [4.69, 9.17) is 39.9 Å². The van der Waals surface area contributed by atoms with Crippen molar-refractivity contribution in [1.29, 1.82) is 0 Å². The van der Waals surface area contributed by atoms with E-state index in [1.807, 2.05) is 42.3 Å². The number of quaternary nitrogens is 1. The molecule has 2 atom stereocenters. The van der Waals surface area contributed by atoms with Crippen LogP contribution < -0.4 is 34.4 Å². The van der Waals surface area contributed by atoms with Gasteiger partial charge < -0.3 is 24.0 Å². The Bertz CT molecular complexity index is 1010. The molecule has 0 bridgehead atoms. The molecule has 1 saturated heterocycles. The molecule has 32 heavy (non-hydrogen) atoms. The Hall–Kier alpha value is -1.06. The summed E-state index contributed by atoms with van der Waals surface area (Å²) < 4.78 is 0.540. The number of piperidine rings is 1. The van der Waals surface area contributed by atoms with Crippen LogP contribution in [0.3, 0.4) is 0 Å². The van der Waals surface area contributed by atoms with Gasteiger partial charge >= 0.3 is 5.91 Å². The number of rotatable bonds is 4. The van der Waals surface area contributed by atoms with Gasteiger partial charge in [0.2, 0.25) is 0 Å². The minimum absolute atomic E-state index is 0. The number of anilines is 1. The van der Waals surface area contributed by atoms with Crippen molar-refractivity contribution >= 4 is 52.1 Å². The quantitative estimate of drug-likeness (QED) is 0.430. The smallest absolute Gasteiger partial charge is 0.312 e. The molecule has 2 aromatic carbocycles. The molecule has 0 spiro atoms. The summed E-state index contributed by atoms with van der Waals surface area (Å²) in [4.78, 5) is 13.3. The van der Waals surface area contributed by atoms with E-state index in [1.165, 1.54) is 6.42 Å². The van der Waals surface area contributed by atoms with Crippen LogP contribution in [0.4, 0.5) is 5.69 Å². The largest absolute Gasteiger partial charge is 1.00 e. The van der Waals surface area contributed by atoms with Crippen LogP contribution in [0, 0.1) is 5.92 Å². The number of carbonyl (C=O) groups is 1. The van der Waals surface area contributed by atoms with Gasteiger partial charge in [-0.15, -0.1) is 0 Å². The fourth-order valence-corrected chi connectivity index (χ4v) is 5.09. The zero-order valence-corrected chi connectivity index (χ0v) is 22.4. The molecule has 0 aliphatic carbocycles. The maximum atomic E-state index is 13.3. The van der Waals surface area contributed by atoms with E-state index in [9.17, 15) is 4.79 Å². The molecule has 1 fully saturated rings. The Morgan fingerprint density at radius 2 is 1.66 bits per heavy atom. The van der Waals surface area contributed by atoms with Crippen molar-refractivity contribution in [2.45, 2.75) is 32.2 Å². The van der Waals surface area contributed by atoms with E-state index < -0.39 is 0 Å². The van der Waals surface area contributed by atoms with Gasteiger partial charge in [0.05, 0.1) is 23.8 Å². The van der Waals surface area contributed by atoms with Crippen molar-refractivity contribution in [3.05, 3.63) is 63.1 Å². The van der Waals surface area contributed by atoms with E-state index in [0.29, 0.717) is 31.1 Å². The standard InChI is InChI=1S/C23H25Cl3N4O.HI/c1-15-21(23(31)28-30(2)12-4-3-5-13-30)27-29(20-11-10-18(25)14-19(20)26)22(15)16-6-8-17(24)9-7-16;/h6-11,14-15,22H,3-5,12-13H2,1-2H3;1H/t15-,22-;/m1./s1.